The second-order valence-corrected chi connectivity index (χ2v) is 11.6. The Hall–Kier alpha value is -2.28. The standard InChI is InChI=1S/C29H39Cl2N5O/c1-18-6-4-5-7-27(18)35-29(36-16-19(2)33-20(3)17-36)34-23-11-8-21(9-12-23)25(15-28(32)37)24-13-10-22(30)14-26(24)31/h8-14,18-20,25,27,33H,4-7,15-17H2,1-3H3,(H2,32,37)(H,34,35). The lowest BCUT2D eigenvalue weighted by Gasteiger charge is -2.39. The lowest BCUT2D eigenvalue weighted by molar-refractivity contribution is -0.118. The summed E-state index contributed by atoms with van der Waals surface area (Å²) in [5.41, 5.74) is 8.37. The molecule has 6 nitrogen and oxygen atoms in total. The highest BCUT2D eigenvalue weighted by Crippen LogP contribution is 2.35. The zero-order valence-corrected chi connectivity index (χ0v) is 23.5. The van der Waals surface area contributed by atoms with Crippen molar-refractivity contribution in [2.45, 2.75) is 76.9 Å². The van der Waals surface area contributed by atoms with Crippen LogP contribution in [-0.2, 0) is 4.79 Å². The van der Waals surface area contributed by atoms with E-state index >= 15 is 0 Å². The minimum absolute atomic E-state index is 0.164. The average Bonchev–Trinajstić information content (AvgIpc) is 2.83. The molecule has 4 rings (SSSR count). The summed E-state index contributed by atoms with van der Waals surface area (Å²) in [5, 5.41) is 8.34. The van der Waals surface area contributed by atoms with Crippen LogP contribution in [0.15, 0.2) is 47.5 Å². The number of rotatable bonds is 6. The lowest BCUT2D eigenvalue weighted by atomic mass is 9.86. The summed E-state index contributed by atoms with van der Waals surface area (Å²) >= 11 is 12.6. The number of anilines is 1. The van der Waals surface area contributed by atoms with Crippen molar-refractivity contribution in [2.75, 3.05) is 18.4 Å². The topological polar surface area (TPSA) is 82.8 Å². The van der Waals surface area contributed by atoms with Crippen molar-refractivity contribution in [2.24, 2.45) is 16.6 Å². The molecule has 1 heterocycles. The molecule has 2 aliphatic rings. The van der Waals surface area contributed by atoms with Gasteiger partial charge in [-0.05, 0) is 68.0 Å². The minimum Gasteiger partial charge on any atom is -0.370 e. The van der Waals surface area contributed by atoms with Gasteiger partial charge in [-0.25, -0.2) is 4.99 Å². The third-order valence-corrected chi connectivity index (χ3v) is 8.09. The summed E-state index contributed by atoms with van der Waals surface area (Å²) in [6.45, 7) is 8.58. The predicted octanol–water partition coefficient (Wildman–Crippen LogP) is 6.03. The molecule has 2 aromatic rings. The fourth-order valence-corrected chi connectivity index (χ4v) is 6.20. The number of carbonyl (C=O) groups is 1. The number of carbonyl (C=O) groups excluding carboxylic acids is 1. The molecule has 2 aromatic carbocycles. The summed E-state index contributed by atoms with van der Waals surface area (Å²) in [6.07, 6.45) is 5.07. The molecule has 200 valence electrons. The van der Waals surface area contributed by atoms with E-state index in [0.717, 1.165) is 42.3 Å². The van der Waals surface area contributed by atoms with Gasteiger partial charge in [-0.3, -0.25) is 4.79 Å². The summed E-state index contributed by atoms with van der Waals surface area (Å²) in [4.78, 5) is 19.6. The molecule has 0 aromatic heterocycles. The van der Waals surface area contributed by atoms with E-state index in [1.54, 1.807) is 12.1 Å². The molecule has 0 spiro atoms. The van der Waals surface area contributed by atoms with E-state index in [1.807, 2.05) is 30.3 Å². The SMILES string of the molecule is CC1CN(C(=NC2CCCCC2C)Nc2ccc(C(CC(N)=O)c3ccc(Cl)cc3Cl)cc2)CC(C)N1. The van der Waals surface area contributed by atoms with E-state index in [9.17, 15) is 4.79 Å². The third kappa shape index (κ3) is 7.40. The minimum atomic E-state index is -0.379. The van der Waals surface area contributed by atoms with Gasteiger partial charge in [0.25, 0.3) is 0 Å². The van der Waals surface area contributed by atoms with Crippen molar-refractivity contribution in [3.05, 3.63) is 63.6 Å². The van der Waals surface area contributed by atoms with Crippen LogP contribution in [0.3, 0.4) is 0 Å². The molecule has 4 N–H and O–H groups in total. The fourth-order valence-electron chi connectivity index (χ4n) is 5.66. The van der Waals surface area contributed by atoms with Crippen LogP contribution in [-0.4, -0.2) is 48.0 Å². The van der Waals surface area contributed by atoms with Crippen LogP contribution in [0.5, 0.6) is 0 Å². The first kappa shape index (κ1) is 27.7. The molecular formula is C29H39Cl2N5O. The molecule has 2 fully saturated rings. The molecule has 0 bridgehead atoms. The molecule has 5 unspecified atom stereocenters. The van der Waals surface area contributed by atoms with Gasteiger partial charge in [0.15, 0.2) is 5.96 Å². The Morgan fingerprint density at radius 2 is 1.76 bits per heavy atom. The number of nitrogens with one attached hydrogen (secondary N) is 2. The van der Waals surface area contributed by atoms with Gasteiger partial charge in [-0.15, -0.1) is 0 Å². The second kappa shape index (κ2) is 12.5. The summed E-state index contributed by atoms with van der Waals surface area (Å²) in [5.74, 6) is 0.907. The number of primary amides is 1. The monoisotopic (exact) mass is 543 g/mol. The van der Waals surface area contributed by atoms with Crippen molar-refractivity contribution < 1.29 is 4.79 Å². The van der Waals surface area contributed by atoms with Crippen LogP contribution in [0.4, 0.5) is 5.69 Å². The van der Waals surface area contributed by atoms with Crippen LogP contribution in [0.25, 0.3) is 0 Å². The average molecular weight is 545 g/mol. The Kier molecular flexibility index (Phi) is 9.38. The van der Waals surface area contributed by atoms with Gasteiger partial charge in [0.05, 0.1) is 6.04 Å². The molecule has 1 amide bonds. The van der Waals surface area contributed by atoms with E-state index < -0.39 is 0 Å². The van der Waals surface area contributed by atoms with Crippen molar-refractivity contribution in [3.63, 3.8) is 0 Å². The van der Waals surface area contributed by atoms with Crippen LogP contribution in [0.2, 0.25) is 10.0 Å². The van der Waals surface area contributed by atoms with Crippen LogP contribution < -0.4 is 16.4 Å². The van der Waals surface area contributed by atoms with Crippen LogP contribution >= 0.6 is 23.2 Å². The second-order valence-electron chi connectivity index (χ2n) is 10.8. The number of piperazine rings is 1. The van der Waals surface area contributed by atoms with Crippen molar-refractivity contribution in [1.82, 2.24) is 10.2 Å². The highest BCUT2D eigenvalue weighted by atomic mass is 35.5. The molecule has 1 aliphatic carbocycles. The quantitative estimate of drug-likeness (QED) is 0.306. The van der Waals surface area contributed by atoms with Gasteiger partial charge in [0.2, 0.25) is 5.91 Å². The van der Waals surface area contributed by atoms with Crippen LogP contribution in [0, 0.1) is 5.92 Å². The van der Waals surface area contributed by atoms with Crippen LogP contribution in [0.1, 0.15) is 69.9 Å². The highest BCUT2D eigenvalue weighted by Gasteiger charge is 2.27. The van der Waals surface area contributed by atoms with E-state index in [-0.39, 0.29) is 18.2 Å². The zero-order chi connectivity index (χ0) is 26.5. The molecule has 5 atom stereocenters. The van der Waals surface area contributed by atoms with E-state index in [4.69, 9.17) is 33.9 Å². The number of amides is 1. The van der Waals surface area contributed by atoms with Gasteiger partial charge in [0, 0.05) is 53.2 Å². The number of guanidine groups is 1. The number of hydrogen-bond acceptors (Lipinski definition) is 3. The Labute approximate surface area is 231 Å². The molecular weight excluding hydrogens is 505 g/mol. The van der Waals surface area contributed by atoms with Gasteiger partial charge in [-0.2, -0.15) is 0 Å². The highest BCUT2D eigenvalue weighted by molar-refractivity contribution is 6.35. The normalized spacial score (nSPS) is 25.5. The Balaban J connectivity index is 1.60. The van der Waals surface area contributed by atoms with Gasteiger partial charge in [0.1, 0.15) is 0 Å². The maximum absolute atomic E-state index is 11.9. The molecule has 1 saturated carbocycles. The van der Waals surface area contributed by atoms with Gasteiger partial charge in [-0.1, -0.05) is 61.2 Å². The maximum Gasteiger partial charge on any atom is 0.218 e. The van der Waals surface area contributed by atoms with Gasteiger partial charge < -0.3 is 21.3 Å². The molecule has 1 saturated heterocycles. The Morgan fingerprint density at radius 3 is 2.38 bits per heavy atom. The van der Waals surface area contributed by atoms with Gasteiger partial charge >= 0.3 is 0 Å². The number of nitrogens with two attached hydrogens (primary N) is 1. The summed E-state index contributed by atoms with van der Waals surface area (Å²) < 4.78 is 0. The van der Waals surface area contributed by atoms with E-state index in [0.29, 0.717) is 34.1 Å². The largest absolute Gasteiger partial charge is 0.370 e. The van der Waals surface area contributed by atoms with Crippen molar-refractivity contribution in [3.8, 4) is 0 Å². The summed E-state index contributed by atoms with van der Waals surface area (Å²) in [7, 11) is 0. The van der Waals surface area contributed by atoms with Crippen molar-refractivity contribution >= 4 is 40.8 Å². The third-order valence-electron chi connectivity index (χ3n) is 7.52. The zero-order valence-electron chi connectivity index (χ0n) is 22.0. The fraction of sp³-hybridized carbons (Fsp3) is 0.517. The molecule has 8 heteroatoms. The lowest BCUT2D eigenvalue weighted by Crippen LogP contribution is -2.57. The van der Waals surface area contributed by atoms with E-state index in [1.165, 1.54) is 19.3 Å². The first-order valence-corrected chi connectivity index (χ1v) is 14.1. The first-order chi connectivity index (χ1) is 17.7. The summed E-state index contributed by atoms with van der Waals surface area (Å²) in [6, 6.07) is 14.6. The predicted molar refractivity (Wildman–Crippen MR) is 155 cm³/mol. The smallest absolute Gasteiger partial charge is 0.218 e. The van der Waals surface area contributed by atoms with E-state index in [2.05, 4.69) is 36.3 Å². The molecule has 1 aliphatic heterocycles. The number of benzene rings is 2. The molecule has 0 radical (unpaired) electrons. The number of aliphatic imine (C=N–C) groups is 1. The number of nitrogens with zero attached hydrogens (tertiary/aromatic N) is 2. The Bertz CT molecular complexity index is 1100. The Morgan fingerprint density at radius 1 is 1.08 bits per heavy atom. The number of hydrogen-bond donors (Lipinski definition) is 3. The first-order valence-electron chi connectivity index (χ1n) is 13.4. The van der Waals surface area contributed by atoms with Crippen molar-refractivity contribution in [1.29, 1.82) is 0 Å². The number of halogens is 2. The molecule has 37 heavy (non-hydrogen) atoms. The maximum atomic E-state index is 11.9.